The van der Waals surface area contributed by atoms with Crippen molar-refractivity contribution >= 4 is 16.8 Å². The summed E-state index contributed by atoms with van der Waals surface area (Å²) in [5.41, 5.74) is 1.24. The molecule has 110 valence electrons. The summed E-state index contributed by atoms with van der Waals surface area (Å²) >= 11 is 0. The second-order valence-corrected chi connectivity index (χ2v) is 4.92. The fourth-order valence-corrected chi connectivity index (χ4v) is 2.53. The SMILES string of the molecule is COc1ccc2oc(=O)c(C(C)=O)c(-c3ccccc3)c2c1. The van der Waals surface area contributed by atoms with E-state index in [4.69, 9.17) is 9.15 Å². The Hall–Kier alpha value is -2.88. The minimum absolute atomic E-state index is 0.0620. The van der Waals surface area contributed by atoms with Crippen molar-refractivity contribution in [1.29, 1.82) is 0 Å². The molecule has 1 aromatic heterocycles. The lowest BCUT2D eigenvalue weighted by Crippen LogP contribution is -2.14. The molecular formula is C18H14O4. The summed E-state index contributed by atoms with van der Waals surface area (Å²) in [7, 11) is 1.56. The Morgan fingerprint density at radius 3 is 2.45 bits per heavy atom. The maximum atomic E-state index is 12.2. The Balaban J connectivity index is 2.50. The van der Waals surface area contributed by atoms with Crippen LogP contribution in [-0.2, 0) is 0 Å². The lowest BCUT2D eigenvalue weighted by Gasteiger charge is -2.11. The van der Waals surface area contributed by atoms with E-state index in [0.717, 1.165) is 5.56 Å². The Morgan fingerprint density at radius 2 is 1.82 bits per heavy atom. The molecule has 4 nitrogen and oxygen atoms in total. The van der Waals surface area contributed by atoms with E-state index in [9.17, 15) is 9.59 Å². The number of Topliss-reactive ketones (excluding diaryl/α,β-unsaturated/α-hetero) is 1. The normalized spacial score (nSPS) is 10.6. The molecule has 2 aromatic carbocycles. The van der Waals surface area contributed by atoms with E-state index in [0.29, 0.717) is 22.3 Å². The van der Waals surface area contributed by atoms with Gasteiger partial charge in [0.2, 0.25) is 0 Å². The highest BCUT2D eigenvalue weighted by Gasteiger charge is 2.19. The Labute approximate surface area is 127 Å². The minimum Gasteiger partial charge on any atom is -0.497 e. The molecule has 0 bridgehead atoms. The first-order valence-corrected chi connectivity index (χ1v) is 6.83. The van der Waals surface area contributed by atoms with Gasteiger partial charge in [0.05, 0.1) is 7.11 Å². The molecule has 0 fully saturated rings. The van der Waals surface area contributed by atoms with Crippen LogP contribution in [0.2, 0.25) is 0 Å². The van der Waals surface area contributed by atoms with E-state index in [1.165, 1.54) is 6.92 Å². The van der Waals surface area contributed by atoms with Crippen molar-refractivity contribution in [2.75, 3.05) is 7.11 Å². The van der Waals surface area contributed by atoms with Gasteiger partial charge in [0.1, 0.15) is 16.9 Å². The van der Waals surface area contributed by atoms with Crippen LogP contribution < -0.4 is 10.4 Å². The largest absolute Gasteiger partial charge is 0.497 e. The summed E-state index contributed by atoms with van der Waals surface area (Å²) in [5.74, 6) is 0.311. The first kappa shape index (κ1) is 14.1. The van der Waals surface area contributed by atoms with Crippen molar-refractivity contribution in [3.05, 3.63) is 64.5 Å². The number of ketones is 1. The van der Waals surface area contributed by atoms with Gasteiger partial charge in [-0.05, 0) is 30.7 Å². The first-order valence-electron chi connectivity index (χ1n) is 6.83. The number of methoxy groups -OCH3 is 1. The molecule has 3 aromatic rings. The average Bonchev–Trinajstić information content (AvgIpc) is 2.53. The van der Waals surface area contributed by atoms with Crippen LogP contribution in [0, 0.1) is 0 Å². The van der Waals surface area contributed by atoms with Crippen LogP contribution in [0.4, 0.5) is 0 Å². The van der Waals surface area contributed by atoms with Crippen LogP contribution >= 0.6 is 0 Å². The fourth-order valence-electron chi connectivity index (χ4n) is 2.53. The van der Waals surface area contributed by atoms with Gasteiger partial charge < -0.3 is 9.15 Å². The summed E-state index contributed by atoms with van der Waals surface area (Å²) in [6.45, 7) is 1.37. The molecule has 0 N–H and O–H groups in total. The molecule has 3 rings (SSSR count). The van der Waals surface area contributed by atoms with E-state index >= 15 is 0 Å². The molecule has 0 saturated heterocycles. The summed E-state index contributed by atoms with van der Waals surface area (Å²) < 4.78 is 10.5. The highest BCUT2D eigenvalue weighted by atomic mass is 16.5. The fraction of sp³-hybridized carbons (Fsp3) is 0.111. The Kier molecular flexibility index (Phi) is 3.51. The van der Waals surface area contributed by atoms with Crippen LogP contribution in [0.15, 0.2) is 57.7 Å². The molecule has 0 aliphatic rings. The van der Waals surface area contributed by atoms with Crippen molar-refractivity contribution in [2.24, 2.45) is 0 Å². The van der Waals surface area contributed by atoms with Gasteiger partial charge in [-0.2, -0.15) is 0 Å². The standard InChI is InChI=1S/C18H14O4/c1-11(19)16-17(12-6-4-3-5-7-12)14-10-13(21-2)8-9-15(14)22-18(16)20/h3-10H,1-2H3. The lowest BCUT2D eigenvalue weighted by atomic mass is 9.95. The van der Waals surface area contributed by atoms with Crippen molar-refractivity contribution in [3.8, 4) is 16.9 Å². The number of carbonyl (C=O) groups excluding carboxylic acids is 1. The number of benzene rings is 2. The third-order valence-corrected chi connectivity index (χ3v) is 3.53. The highest BCUT2D eigenvalue weighted by Crippen LogP contribution is 2.32. The first-order chi connectivity index (χ1) is 10.6. The summed E-state index contributed by atoms with van der Waals surface area (Å²) in [5, 5.41) is 0.676. The van der Waals surface area contributed by atoms with Crippen LogP contribution in [0.1, 0.15) is 17.3 Å². The van der Waals surface area contributed by atoms with E-state index < -0.39 is 5.63 Å². The van der Waals surface area contributed by atoms with Crippen molar-refractivity contribution in [1.82, 2.24) is 0 Å². The summed E-state index contributed by atoms with van der Waals surface area (Å²) in [4.78, 5) is 24.2. The van der Waals surface area contributed by atoms with Gasteiger partial charge in [-0.3, -0.25) is 4.79 Å². The predicted octanol–water partition coefficient (Wildman–Crippen LogP) is 3.67. The van der Waals surface area contributed by atoms with Gasteiger partial charge in [0, 0.05) is 10.9 Å². The second-order valence-electron chi connectivity index (χ2n) is 4.92. The number of hydrogen-bond acceptors (Lipinski definition) is 4. The van der Waals surface area contributed by atoms with Gasteiger partial charge in [0.25, 0.3) is 0 Å². The molecule has 1 heterocycles. The van der Waals surface area contributed by atoms with Crippen LogP contribution in [0.3, 0.4) is 0 Å². The van der Waals surface area contributed by atoms with Crippen molar-refractivity contribution in [2.45, 2.75) is 6.92 Å². The number of carbonyl (C=O) groups is 1. The monoisotopic (exact) mass is 294 g/mol. The third kappa shape index (κ3) is 2.29. The minimum atomic E-state index is -0.621. The quantitative estimate of drug-likeness (QED) is 0.546. The maximum absolute atomic E-state index is 12.2. The molecule has 0 amide bonds. The molecule has 0 atom stereocenters. The maximum Gasteiger partial charge on any atom is 0.347 e. The zero-order chi connectivity index (χ0) is 15.7. The van der Waals surface area contributed by atoms with Crippen LogP contribution in [-0.4, -0.2) is 12.9 Å². The van der Waals surface area contributed by atoms with Crippen molar-refractivity contribution in [3.63, 3.8) is 0 Å². The van der Waals surface area contributed by atoms with Gasteiger partial charge in [-0.25, -0.2) is 4.79 Å². The van der Waals surface area contributed by atoms with Crippen molar-refractivity contribution < 1.29 is 13.9 Å². The van der Waals surface area contributed by atoms with Gasteiger partial charge in [-0.15, -0.1) is 0 Å². The number of ether oxygens (including phenoxy) is 1. The molecule has 22 heavy (non-hydrogen) atoms. The number of hydrogen-bond donors (Lipinski definition) is 0. The van der Waals surface area contributed by atoms with E-state index in [1.807, 2.05) is 30.3 Å². The molecule has 0 saturated carbocycles. The van der Waals surface area contributed by atoms with Crippen LogP contribution in [0.25, 0.3) is 22.1 Å². The van der Waals surface area contributed by atoms with Gasteiger partial charge in [-0.1, -0.05) is 30.3 Å². The highest BCUT2D eigenvalue weighted by molar-refractivity contribution is 6.08. The number of rotatable bonds is 3. The van der Waals surface area contributed by atoms with E-state index in [-0.39, 0.29) is 11.3 Å². The molecular weight excluding hydrogens is 280 g/mol. The molecule has 0 aliphatic carbocycles. The topological polar surface area (TPSA) is 56.5 Å². The molecule has 0 aliphatic heterocycles. The zero-order valence-corrected chi connectivity index (χ0v) is 12.3. The van der Waals surface area contributed by atoms with E-state index in [2.05, 4.69) is 0 Å². The average molecular weight is 294 g/mol. The predicted molar refractivity (Wildman–Crippen MR) is 84.5 cm³/mol. The molecule has 0 radical (unpaired) electrons. The Bertz CT molecular complexity index is 908. The summed E-state index contributed by atoms with van der Waals surface area (Å²) in [6, 6.07) is 14.5. The zero-order valence-electron chi connectivity index (χ0n) is 12.3. The van der Waals surface area contributed by atoms with E-state index in [1.54, 1.807) is 25.3 Å². The van der Waals surface area contributed by atoms with Gasteiger partial charge in [0.15, 0.2) is 5.78 Å². The smallest absolute Gasteiger partial charge is 0.347 e. The molecule has 0 spiro atoms. The Morgan fingerprint density at radius 1 is 1.09 bits per heavy atom. The molecule has 4 heteroatoms. The van der Waals surface area contributed by atoms with Crippen LogP contribution in [0.5, 0.6) is 5.75 Å². The second kappa shape index (κ2) is 5.48. The number of fused-ring (bicyclic) bond motifs is 1. The van der Waals surface area contributed by atoms with Gasteiger partial charge >= 0.3 is 5.63 Å². The summed E-state index contributed by atoms with van der Waals surface area (Å²) in [6.07, 6.45) is 0. The molecule has 0 unspecified atom stereocenters. The lowest BCUT2D eigenvalue weighted by molar-refractivity contribution is 0.101. The third-order valence-electron chi connectivity index (χ3n) is 3.53.